The van der Waals surface area contributed by atoms with Gasteiger partial charge in [0.05, 0.1) is 18.0 Å². The lowest BCUT2D eigenvalue weighted by Crippen LogP contribution is -2.40. The molecule has 3 N–H and O–H groups in total. The number of carbonyl (C=O) groups is 2. The minimum atomic E-state index is -4.66. The minimum Gasteiger partial charge on any atom is -0.481 e. The van der Waals surface area contributed by atoms with Gasteiger partial charge in [-0.3, -0.25) is 4.79 Å². The maximum Gasteiger partial charge on any atom is 0.416 e. The minimum absolute atomic E-state index is 0.0764. The van der Waals surface area contributed by atoms with Crippen molar-refractivity contribution in [1.82, 2.24) is 10.6 Å². The van der Waals surface area contributed by atoms with Crippen LogP contribution in [0.3, 0.4) is 0 Å². The average molecular weight is 386 g/mol. The second kappa shape index (κ2) is 8.77. The summed E-state index contributed by atoms with van der Waals surface area (Å²) < 4.78 is 75.7. The highest BCUT2D eigenvalue weighted by atomic mass is 19.4. The van der Waals surface area contributed by atoms with Gasteiger partial charge in [-0.1, -0.05) is 12.1 Å². The van der Waals surface area contributed by atoms with Crippen LogP contribution >= 0.6 is 0 Å². The molecule has 0 radical (unpaired) electrons. The van der Waals surface area contributed by atoms with Crippen LogP contribution in [0.2, 0.25) is 0 Å². The number of carboxylic acids is 1. The number of nitrogens with one attached hydrogen (secondary N) is 2. The van der Waals surface area contributed by atoms with Crippen molar-refractivity contribution in [2.24, 2.45) is 0 Å². The highest BCUT2D eigenvalue weighted by Crippen LogP contribution is 2.33. The van der Waals surface area contributed by atoms with E-state index in [0.717, 1.165) is 12.1 Å². The molecule has 0 saturated heterocycles. The smallest absolute Gasteiger partial charge is 0.416 e. The van der Waals surface area contributed by atoms with E-state index < -0.39 is 42.4 Å². The monoisotopic (exact) mass is 386 g/mol. The first-order valence-corrected chi connectivity index (χ1v) is 7.38. The molecule has 146 valence electrons. The number of carbonyl (C=O) groups excluding carboxylic acids is 1. The molecule has 2 amide bonds. The summed E-state index contributed by atoms with van der Waals surface area (Å²) in [5, 5.41) is 12.7. The fourth-order valence-electron chi connectivity index (χ4n) is 2.04. The number of benzene rings is 1. The zero-order valence-corrected chi connectivity index (χ0v) is 13.2. The van der Waals surface area contributed by atoms with Gasteiger partial charge in [0, 0.05) is 13.0 Å². The van der Waals surface area contributed by atoms with Crippen LogP contribution in [0.25, 0.3) is 0 Å². The zero-order valence-electron chi connectivity index (χ0n) is 13.2. The largest absolute Gasteiger partial charge is 0.481 e. The first-order chi connectivity index (χ1) is 11.9. The summed E-state index contributed by atoms with van der Waals surface area (Å²) in [5.74, 6) is -1.09. The van der Waals surface area contributed by atoms with Gasteiger partial charge in [0.1, 0.15) is 0 Å². The Morgan fingerprint density at radius 2 is 1.62 bits per heavy atom. The maximum absolute atomic E-state index is 12.7. The van der Waals surface area contributed by atoms with Crippen molar-refractivity contribution in [3.05, 3.63) is 35.4 Å². The molecule has 0 aliphatic carbocycles. The second-order valence-electron chi connectivity index (χ2n) is 5.39. The zero-order chi connectivity index (χ0) is 20.0. The summed E-state index contributed by atoms with van der Waals surface area (Å²) in [6, 6.07) is 0.422. The van der Waals surface area contributed by atoms with Crippen molar-refractivity contribution < 1.29 is 41.0 Å². The van der Waals surface area contributed by atoms with Crippen LogP contribution in [0, 0.1) is 0 Å². The van der Waals surface area contributed by atoms with E-state index in [9.17, 15) is 35.9 Å². The van der Waals surface area contributed by atoms with Crippen LogP contribution in [-0.2, 0) is 11.0 Å². The van der Waals surface area contributed by atoms with Gasteiger partial charge >= 0.3 is 24.4 Å². The maximum atomic E-state index is 12.7. The lowest BCUT2D eigenvalue weighted by molar-refractivity contribution is -0.140. The highest BCUT2D eigenvalue weighted by Gasteiger charge is 2.34. The van der Waals surface area contributed by atoms with Crippen molar-refractivity contribution in [2.45, 2.75) is 37.7 Å². The summed E-state index contributed by atoms with van der Waals surface area (Å²) in [6.07, 6.45) is -10.9. The number of rotatable bonds is 7. The molecule has 0 spiro atoms. The van der Waals surface area contributed by atoms with Crippen LogP contribution in [0.5, 0.6) is 0 Å². The predicted octanol–water partition coefficient (Wildman–Crippen LogP) is 3.86. The third-order valence-corrected chi connectivity index (χ3v) is 3.23. The average Bonchev–Trinajstić information content (AvgIpc) is 2.49. The van der Waals surface area contributed by atoms with Crippen molar-refractivity contribution in [3.63, 3.8) is 0 Å². The highest BCUT2D eigenvalue weighted by molar-refractivity contribution is 5.74. The molecule has 0 aromatic heterocycles. The molecule has 26 heavy (non-hydrogen) atoms. The topological polar surface area (TPSA) is 78.4 Å². The molecule has 1 aromatic rings. The fourth-order valence-corrected chi connectivity index (χ4v) is 2.04. The quantitative estimate of drug-likeness (QED) is 0.492. The molecule has 1 unspecified atom stereocenters. The van der Waals surface area contributed by atoms with Gasteiger partial charge in [-0.15, -0.1) is 0 Å². The van der Waals surface area contributed by atoms with Gasteiger partial charge < -0.3 is 15.7 Å². The molecule has 11 heteroatoms. The Balaban J connectivity index is 2.79. The van der Waals surface area contributed by atoms with E-state index in [-0.39, 0.29) is 24.9 Å². The molecule has 1 atom stereocenters. The molecule has 1 aromatic carbocycles. The Bertz CT molecular complexity index is 613. The van der Waals surface area contributed by atoms with Crippen molar-refractivity contribution in [2.75, 3.05) is 6.54 Å². The van der Waals surface area contributed by atoms with E-state index in [1.807, 2.05) is 5.32 Å². The Labute approximate surface area is 144 Å². The molecule has 1 rings (SSSR count). The fraction of sp³-hybridized carbons (Fsp3) is 0.467. The van der Waals surface area contributed by atoms with E-state index in [0.29, 0.717) is 12.1 Å². The number of hydrogen-bond acceptors (Lipinski definition) is 2. The van der Waals surface area contributed by atoms with Crippen LogP contribution in [0.4, 0.5) is 31.1 Å². The number of amides is 2. The molecule has 0 aliphatic rings. The Kier molecular flexibility index (Phi) is 7.28. The Hall–Kier alpha value is -2.46. The molecular weight excluding hydrogens is 370 g/mol. The third-order valence-electron chi connectivity index (χ3n) is 3.23. The summed E-state index contributed by atoms with van der Waals surface area (Å²) >= 11 is 0. The Morgan fingerprint density at radius 3 is 2.08 bits per heavy atom. The first-order valence-electron chi connectivity index (χ1n) is 7.38. The number of hydrogen-bond donors (Lipinski definition) is 3. The van der Waals surface area contributed by atoms with Gasteiger partial charge in [0.25, 0.3) is 0 Å². The standard InChI is InChI=1S/C15H16F6N2O3/c16-14(17,18)8-11(23-13(26)22-7-1-2-12(24)25)9-3-5-10(6-4-9)15(19,20)21/h3-6,11H,1-2,7-8H2,(H,24,25)(H2,22,23,26). The van der Waals surface area contributed by atoms with Gasteiger partial charge in [-0.2, -0.15) is 26.3 Å². The van der Waals surface area contributed by atoms with Crippen molar-refractivity contribution in [1.29, 1.82) is 0 Å². The predicted molar refractivity (Wildman–Crippen MR) is 78.3 cm³/mol. The van der Waals surface area contributed by atoms with E-state index in [2.05, 4.69) is 5.32 Å². The molecular formula is C15H16F6N2O3. The summed E-state index contributed by atoms with van der Waals surface area (Å²) in [7, 11) is 0. The number of carboxylic acid groups (broad SMARTS) is 1. The summed E-state index contributed by atoms with van der Waals surface area (Å²) in [4.78, 5) is 22.0. The molecule has 0 saturated carbocycles. The number of alkyl halides is 6. The van der Waals surface area contributed by atoms with E-state index in [4.69, 9.17) is 5.11 Å². The number of urea groups is 1. The van der Waals surface area contributed by atoms with Crippen LogP contribution in [-0.4, -0.2) is 29.8 Å². The first kappa shape index (κ1) is 21.6. The molecule has 0 fully saturated rings. The molecule has 0 bridgehead atoms. The van der Waals surface area contributed by atoms with E-state index in [1.165, 1.54) is 0 Å². The van der Waals surface area contributed by atoms with Gasteiger partial charge in [0.15, 0.2) is 0 Å². The van der Waals surface area contributed by atoms with Crippen LogP contribution in [0.15, 0.2) is 24.3 Å². The van der Waals surface area contributed by atoms with Crippen LogP contribution < -0.4 is 10.6 Å². The van der Waals surface area contributed by atoms with Crippen LogP contribution in [0.1, 0.15) is 36.4 Å². The number of aliphatic carboxylic acids is 1. The summed E-state index contributed by atoms with van der Waals surface area (Å²) in [5.41, 5.74) is -1.17. The van der Waals surface area contributed by atoms with Gasteiger partial charge in [-0.25, -0.2) is 4.79 Å². The van der Waals surface area contributed by atoms with Gasteiger partial charge in [-0.05, 0) is 24.1 Å². The van der Waals surface area contributed by atoms with E-state index in [1.54, 1.807) is 0 Å². The molecule has 0 aliphatic heterocycles. The van der Waals surface area contributed by atoms with Gasteiger partial charge in [0.2, 0.25) is 0 Å². The SMILES string of the molecule is O=C(O)CCCNC(=O)NC(CC(F)(F)F)c1ccc(C(F)(F)F)cc1. The lowest BCUT2D eigenvalue weighted by Gasteiger charge is -2.21. The van der Waals surface area contributed by atoms with E-state index >= 15 is 0 Å². The third kappa shape index (κ3) is 8.08. The molecule has 0 heterocycles. The number of halogens is 6. The normalized spacial score (nSPS) is 13.2. The Morgan fingerprint density at radius 1 is 1.04 bits per heavy atom. The molecule has 5 nitrogen and oxygen atoms in total. The summed E-state index contributed by atoms with van der Waals surface area (Å²) in [6.45, 7) is -0.0795. The second-order valence-corrected chi connectivity index (χ2v) is 5.39. The lowest BCUT2D eigenvalue weighted by atomic mass is 10.0. The van der Waals surface area contributed by atoms with Crippen molar-refractivity contribution in [3.8, 4) is 0 Å². The van der Waals surface area contributed by atoms with Crippen molar-refractivity contribution >= 4 is 12.0 Å².